The van der Waals surface area contributed by atoms with E-state index in [0.29, 0.717) is 28.4 Å². The summed E-state index contributed by atoms with van der Waals surface area (Å²) in [6, 6.07) is 0. The van der Waals surface area contributed by atoms with Gasteiger partial charge in [0.15, 0.2) is 0 Å². The van der Waals surface area contributed by atoms with Crippen LogP contribution in [0.15, 0.2) is 0 Å². The molecule has 0 saturated carbocycles. The van der Waals surface area contributed by atoms with Gasteiger partial charge in [-0.15, -0.1) is 0 Å². The molecule has 0 aromatic rings. The molecule has 5 atom stereocenters. The van der Waals surface area contributed by atoms with Crippen LogP contribution in [-0.4, -0.2) is 43.1 Å². The second-order valence-electron chi connectivity index (χ2n) is 4.06. The van der Waals surface area contributed by atoms with E-state index < -0.39 is 47.3 Å². The van der Waals surface area contributed by atoms with Crippen LogP contribution in [0.4, 0.5) is 0 Å². The molecule has 170 valence electrons. The number of hydrogen-bond donors (Lipinski definition) is 3. The first-order valence-corrected chi connectivity index (χ1v) is 15.2. The first-order chi connectivity index (χ1) is 12.5. The molecule has 1 rings (SSSR count). The third-order valence-electron chi connectivity index (χ3n) is 2.20. The summed E-state index contributed by atoms with van der Waals surface area (Å²) in [7, 11) is -30.9. The van der Waals surface area contributed by atoms with Gasteiger partial charge in [0.25, 0.3) is 0 Å². The van der Waals surface area contributed by atoms with E-state index in [2.05, 4.69) is 44.0 Å². The molecule has 0 radical (unpaired) electrons. The summed E-state index contributed by atoms with van der Waals surface area (Å²) in [5, 5.41) is 0. The van der Waals surface area contributed by atoms with Crippen LogP contribution in [0.3, 0.4) is 0 Å². The molecule has 0 amide bonds. The zero-order valence-corrected chi connectivity index (χ0v) is 19.7. The van der Waals surface area contributed by atoms with Crippen LogP contribution >= 0.6 is 47.3 Å². The predicted molar refractivity (Wildman–Crippen MR) is 87.5 cm³/mol. The fourth-order valence-corrected chi connectivity index (χ4v) is 12.2. The predicted octanol–water partition coefficient (Wildman–Crippen LogP) is 2.61. The molecule has 0 bridgehead atoms. The molecule has 24 heteroatoms. The van der Waals surface area contributed by atoms with E-state index in [1.807, 2.05) is 0 Å². The van der Waals surface area contributed by atoms with Gasteiger partial charge in [0.2, 0.25) is 0 Å². The molecule has 0 aromatic carbocycles. The Bertz CT molecular complexity index is 804. The Labute approximate surface area is 158 Å². The van der Waals surface area contributed by atoms with Crippen LogP contribution < -0.4 is 0 Å². The number of hydrogen-bond acceptors (Lipinski definition) is 16. The van der Waals surface area contributed by atoms with Gasteiger partial charge in [0.1, 0.15) is 0 Å². The van der Waals surface area contributed by atoms with Crippen molar-refractivity contribution in [3.63, 3.8) is 0 Å². The molecule has 5 unspecified atom stereocenters. The van der Waals surface area contributed by atoms with Gasteiger partial charge in [-0.3, -0.25) is 0 Å². The summed E-state index contributed by atoms with van der Waals surface area (Å²) in [4.78, 5) is 29.2. The van der Waals surface area contributed by atoms with Gasteiger partial charge in [0, 0.05) is 0 Å². The van der Waals surface area contributed by atoms with Crippen LogP contribution in [0.2, 0.25) is 0 Å². The number of rotatable bonds is 4. The van der Waals surface area contributed by atoms with E-state index in [1.165, 1.54) is 0 Å². The Balaban J connectivity index is 3.58. The standard InChI is InChI=1S/C4H16O18P6/c1-13-25(9)17-23(5,6)19-26(10,14-2)21-28(12,16-4)22-27(11,15-3)20-24(7,8)18-25/h10,26H,1-4H3,(H,5,6)(H,7,8). The SMILES string of the molecule is COP1(=O)OP(=O)(O)OP(=O)(OC)OP(=O)(OC)O[PH](O)(OC)OP(=O)(O)O1. The van der Waals surface area contributed by atoms with Crippen molar-refractivity contribution in [2.45, 2.75) is 0 Å². The fraction of sp³-hybridized carbons (Fsp3) is 1.00. The molecule has 0 spiro atoms. The van der Waals surface area contributed by atoms with Gasteiger partial charge in [-0.1, -0.05) is 0 Å². The van der Waals surface area contributed by atoms with Crippen LogP contribution in [-0.2, 0) is 66.8 Å². The molecule has 0 aromatic heterocycles. The normalized spacial score (nSPS) is 46.8. The Morgan fingerprint density at radius 3 is 1.43 bits per heavy atom. The second kappa shape index (κ2) is 9.28. The van der Waals surface area contributed by atoms with Crippen molar-refractivity contribution in [2.24, 2.45) is 0 Å². The van der Waals surface area contributed by atoms with Crippen molar-refractivity contribution in [1.29, 1.82) is 0 Å². The summed E-state index contributed by atoms with van der Waals surface area (Å²) in [5.74, 6) is 0. The van der Waals surface area contributed by atoms with Crippen molar-refractivity contribution in [3.8, 4) is 0 Å². The van der Waals surface area contributed by atoms with E-state index in [-0.39, 0.29) is 0 Å². The Kier molecular flexibility index (Phi) is 8.98. The topological polar surface area (TPSA) is 238 Å². The molecule has 1 heterocycles. The van der Waals surface area contributed by atoms with Crippen molar-refractivity contribution < 1.29 is 81.5 Å². The van der Waals surface area contributed by atoms with Crippen LogP contribution in [0.5, 0.6) is 0 Å². The van der Waals surface area contributed by atoms with E-state index in [0.717, 1.165) is 0 Å². The minimum absolute atomic E-state index is 0.536. The second-order valence-corrected chi connectivity index (χ2v) is 15.2. The van der Waals surface area contributed by atoms with Crippen LogP contribution in [0.1, 0.15) is 0 Å². The molecule has 28 heavy (non-hydrogen) atoms. The number of phosphoric acid groups is 5. The van der Waals surface area contributed by atoms with E-state index in [9.17, 15) is 37.5 Å². The van der Waals surface area contributed by atoms with E-state index in [4.69, 9.17) is 0 Å². The molecule has 18 nitrogen and oxygen atoms in total. The van der Waals surface area contributed by atoms with Gasteiger partial charge < -0.3 is 0 Å². The molecular formula is C4H16O18P6. The van der Waals surface area contributed by atoms with E-state index >= 15 is 0 Å². The first kappa shape index (κ1) is 27.1. The van der Waals surface area contributed by atoms with Gasteiger partial charge in [-0.25, -0.2) is 0 Å². The monoisotopic (exact) mass is 538 g/mol. The molecule has 1 aliphatic heterocycles. The van der Waals surface area contributed by atoms with Crippen LogP contribution in [0, 0.1) is 0 Å². The first-order valence-electron chi connectivity index (χ1n) is 6.16. The molecule has 1 aliphatic rings. The van der Waals surface area contributed by atoms with Gasteiger partial charge >= 0.3 is 157 Å². The summed E-state index contributed by atoms with van der Waals surface area (Å²) in [6.45, 7) is 0. The zero-order chi connectivity index (χ0) is 22.1. The maximum atomic E-state index is 12.4. The van der Waals surface area contributed by atoms with Crippen molar-refractivity contribution in [2.75, 3.05) is 28.4 Å². The molecule has 1 saturated heterocycles. The van der Waals surface area contributed by atoms with Gasteiger partial charge in [-0.05, 0) is 0 Å². The summed E-state index contributed by atoms with van der Waals surface area (Å²) in [6.07, 6.45) is 0. The van der Waals surface area contributed by atoms with Gasteiger partial charge in [0.05, 0.1) is 0 Å². The quantitative estimate of drug-likeness (QED) is 0.436. The van der Waals surface area contributed by atoms with Crippen molar-refractivity contribution in [1.82, 2.24) is 0 Å². The molecule has 0 aliphatic carbocycles. The summed E-state index contributed by atoms with van der Waals surface area (Å²) < 4.78 is 102. The third-order valence-corrected chi connectivity index (χ3v) is 14.2. The Hall–Kier alpha value is 1.06. The Morgan fingerprint density at radius 2 is 1.04 bits per heavy atom. The molecule has 3 N–H and O–H groups in total. The maximum absolute atomic E-state index is 12.4. The zero-order valence-electron chi connectivity index (χ0n) is 14.2. The van der Waals surface area contributed by atoms with Crippen LogP contribution in [0.25, 0.3) is 0 Å². The minimum atomic E-state index is -5.81. The average Bonchev–Trinajstić information content (AvgIpc) is 2.51. The van der Waals surface area contributed by atoms with Gasteiger partial charge in [-0.2, -0.15) is 0 Å². The third kappa shape index (κ3) is 7.64. The van der Waals surface area contributed by atoms with Crippen molar-refractivity contribution in [3.05, 3.63) is 0 Å². The molecule has 1 fully saturated rings. The summed E-state index contributed by atoms with van der Waals surface area (Å²) in [5.41, 5.74) is 0. The summed E-state index contributed by atoms with van der Waals surface area (Å²) >= 11 is 0. The fourth-order valence-electron chi connectivity index (χ4n) is 1.16. The Morgan fingerprint density at radius 1 is 0.643 bits per heavy atom. The van der Waals surface area contributed by atoms with E-state index in [1.54, 1.807) is 0 Å². The average molecular weight is 538 g/mol. The van der Waals surface area contributed by atoms with Crippen molar-refractivity contribution >= 4 is 47.3 Å². The molecular weight excluding hydrogens is 522 g/mol.